The zero-order valence-electron chi connectivity index (χ0n) is 9.20. The van der Waals surface area contributed by atoms with Crippen LogP contribution in [0.3, 0.4) is 0 Å². The van der Waals surface area contributed by atoms with E-state index >= 15 is 0 Å². The topological polar surface area (TPSA) is 12.0 Å². The van der Waals surface area contributed by atoms with Crippen LogP contribution in [0.5, 0.6) is 0 Å². The molecule has 0 radical (unpaired) electrons. The van der Waals surface area contributed by atoms with Gasteiger partial charge in [-0.1, -0.05) is 46.3 Å². The highest BCUT2D eigenvalue weighted by Crippen LogP contribution is 2.28. The Hall–Kier alpha value is -1.28. The molecule has 0 aromatic heterocycles. The van der Waals surface area contributed by atoms with Gasteiger partial charge in [0.1, 0.15) is 0 Å². The van der Waals surface area contributed by atoms with E-state index in [0.29, 0.717) is 0 Å². The molecule has 0 heterocycles. The van der Waals surface area contributed by atoms with Gasteiger partial charge in [-0.15, -0.1) is 0 Å². The first-order valence-corrected chi connectivity index (χ1v) is 6.19. The molecule has 1 nitrogen and oxygen atoms in total. The van der Waals surface area contributed by atoms with Crippen LogP contribution in [0.4, 0.5) is 5.69 Å². The van der Waals surface area contributed by atoms with Gasteiger partial charge in [0.15, 0.2) is 0 Å². The summed E-state index contributed by atoms with van der Waals surface area (Å²) in [6, 6.07) is 16.8. The van der Waals surface area contributed by atoms with Crippen molar-refractivity contribution < 1.29 is 0 Å². The molecular formula is C14H14BrN. The van der Waals surface area contributed by atoms with E-state index in [1.165, 1.54) is 16.8 Å². The molecule has 2 heteroatoms. The molecule has 0 amide bonds. The molecule has 0 unspecified atom stereocenters. The zero-order chi connectivity index (χ0) is 11.4. The lowest BCUT2D eigenvalue weighted by Gasteiger charge is -2.10. The minimum absolute atomic E-state index is 0.938. The van der Waals surface area contributed by atoms with Crippen molar-refractivity contribution in [3.8, 4) is 11.1 Å². The highest BCUT2D eigenvalue weighted by molar-refractivity contribution is 9.10. The van der Waals surface area contributed by atoms with Gasteiger partial charge < -0.3 is 5.32 Å². The highest BCUT2D eigenvalue weighted by Gasteiger charge is 2.02. The predicted octanol–water partition coefficient (Wildman–Crippen LogP) is 4.55. The maximum atomic E-state index is 3.45. The van der Waals surface area contributed by atoms with E-state index in [9.17, 15) is 0 Å². The number of hydrogen-bond donors (Lipinski definition) is 1. The number of hydrogen-bond acceptors (Lipinski definition) is 1. The van der Waals surface area contributed by atoms with Crippen molar-refractivity contribution in [1.82, 2.24) is 0 Å². The summed E-state index contributed by atoms with van der Waals surface area (Å²) in [5.74, 6) is 0. The summed E-state index contributed by atoms with van der Waals surface area (Å²) in [6.45, 7) is 3.05. The fraction of sp³-hybridized carbons (Fsp3) is 0.143. The van der Waals surface area contributed by atoms with Gasteiger partial charge in [-0.05, 0) is 30.7 Å². The molecule has 82 valence electrons. The summed E-state index contributed by atoms with van der Waals surface area (Å²) in [4.78, 5) is 0. The average molecular weight is 276 g/mol. The standard InChI is InChI=1S/C14H14BrN/c1-2-16-14-6-4-3-5-13(14)11-7-9-12(15)10-8-11/h3-10,16H,2H2,1H3. The van der Waals surface area contributed by atoms with E-state index in [1.807, 2.05) is 0 Å². The van der Waals surface area contributed by atoms with Crippen LogP contribution >= 0.6 is 15.9 Å². The summed E-state index contributed by atoms with van der Waals surface area (Å²) in [5.41, 5.74) is 3.67. The van der Waals surface area contributed by atoms with Crippen molar-refractivity contribution >= 4 is 21.6 Å². The molecule has 1 N–H and O–H groups in total. The minimum Gasteiger partial charge on any atom is -0.385 e. The lowest BCUT2D eigenvalue weighted by Crippen LogP contribution is -1.98. The van der Waals surface area contributed by atoms with Crippen LogP contribution in [-0.2, 0) is 0 Å². The average Bonchev–Trinajstić information content (AvgIpc) is 2.32. The quantitative estimate of drug-likeness (QED) is 0.867. The molecule has 0 spiro atoms. The van der Waals surface area contributed by atoms with Crippen LogP contribution in [-0.4, -0.2) is 6.54 Å². The molecule has 0 fully saturated rings. The first kappa shape index (κ1) is 11.2. The Morgan fingerprint density at radius 3 is 2.38 bits per heavy atom. The molecule has 0 saturated carbocycles. The van der Waals surface area contributed by atoms with E-state index in [0.717, 1.165) is 11.0 Å². The maximum absolute atomic E-state index is 3.45. The number of nitrogens with one attached hydrogen (secondary N) is 1. The number of para-hydroxylation sites is 1. The summed E-state index contributed by atoms with van der Waals surface area (Å²) < 4.78 is 1.11. The Kier molecular flexibility index (Phi) is 3.62. The summed E-state index contributed by atoms with van der Waals surface area (Å²) in [5, 5.41) is 3.38. The number of rotatable bonds is 3. The normalized spacial score (nSPS) is 10.1. The van der Waals surface area contributed by atoms with Gasteiger partial charge in [-0.2, -0.15) is 0 Å². The van der Waals surface area contributed by atoms with E-state index in [-0.39, 0.29) is 0 Å². The Morgan fingerprint density at radius 2 is 1.69 bits per heavy atom. The third-order valence-electron chi connectivity index (χ3n) is 2.45. The van der Waals surface area contributed by atoms with Crippen molar-refractivity contribution in [1.29, 1.82) is 0 Å². The zero-order valence-corrected chi connectivity index (χ0v) is 10.8. The molecule has 0 saturated heterocycles. The summed E-state index contributed by atoms with van der Waals surface area (Å²) in [7, 11) is 0. The van der Waals surface area contributed by atoms with Crippen molar-refractivity contribution in [2.75, 3.05) is 11.9 Å². The second kappa shape index (κ2) is 5.17. The molecule has 2 aromatic rings. The van der Waals surface area contributed by atoms with Crippen molar-refractivity contribution in [2.24, 2.45) is 0 Å². The van der Waals surface area contributed by atoms with Crippen LogP contribution < -0.4 is 5.32 Å². The van der Waals surface area contributed by atoms with Crippen LogP contribution in [0.15, 0.2) is 53.0 Å². The predicted molar refractivity (Wildman–Crippen MR) is 73.7 cm³/mol. The fourth-order valence-corrected chi connectivity index (χ4v) is 1.97. The number of halogens is 1. The van der Waals surface area contributed by atoms with Gasteiger partial charge >= 0.3 is 0 Å². The maximum Gasteiger partial charge on any atom is 0.0419 e. The van der Waals surface area contributed by atoms with Gasteiger partial charge in [0.25, 0.3) is 0 Å². The monoisotopic (exact) mass is 275 g/mol. The molecular weight excluding hydrogens is 262 g/mol. The van der Waals surface area contributed by atoms with Crippen molar-refractivity contribution in [3.63, 3.8) is 0 Å². The Labute approximate surface area is 105 Å². The van der Waals surface area contributed by atoms with Crippen LogP contribution in [0.2, 0.25) is 0 Å². The first-order chi connectivity index (χ1) is 7.81. The molecule has 16 heavy (non-hydrogen) atoms. The van der Waals surface area contributed by atoms with Gasteiger partial charge in [0.05, 0.1) is 0 Å². The van der Waals surface area contributed by atoms with Gasteiger partial charge in [0, 0.05) is 22.3 Å². The van der Waals surface area contributed by atoms with Gasteiger partial charge in [-0.25, -0.2) is 0 Å². The largest absolute Gasteiger partial charge is 0.385 e. The Balaban J connectivity index is 2.42. The molecule has 0 atom stereocenters. The van der Waals surface area contributed by atoms with Crippen LogP contribution in [0.25, 0.3) is 11.1 Å². The molecule has 0 aliphatic carbocycles. The van der Waals surface area contributed by atoms with Crippen molar-refractivity contribution in [2.45, 2.75) is 6.92 Å². The lowest BCUT2D eigenvalue weighted by atomic mass is 10.0. The molecule has 2 aromatic carbocycles. The molecule has 0 bridgehead atoms. The highest BCUT2D eigenvalue weighted by atomic mass is 79.9. The van der Waals surface area contributed by atoms with E-state index < -0.39 is 0 Å². The third-order valence-corrected chi connectivity index (χ3v) is 2.98. The second-order valence-corrected chi connectivity index (χ2v) is 4.50. The molecule has 0 aliphatic heterocycles. The number of benzene rings is 2. The minimum atomic E-state index is 0.938. The Bertz CT molecular complexity index is 462. The van der Waals surface area contributed by atoms with E-state index in [1.54, 1.807) is 0 Å². The smallest absolute Gasteiger partial charge is 0.0419 e. The van der Waals surface area contributed by atoms with E-state index in [2.05, 4.69) is 76.7 Å². The summed E-state index contributed by atoms with van der Waals surface area (Å²) in [6.07, 6.45) is 0. The second-order valence-electron chi connectivity index (χ2n) is 3.58. The van der Waals surface area contributed by atoms with Crippen molar-refractivity contribution in [3.05, 3.63) is 53.0 Å². The molecule has 0 aliphatic rings. The SMILES string of the molecule is CCNc1ccccc1-c1ccc(Br)cc1. The van der Waals surface area contributed by atoms with Gasteiger partial charge in [0.2, 0.25) is 0 Å². The molecule has 2 rings (SSSR count). The van der Waals surface area contributed by atoms with Gasteiger partial charge in [-0.3, -0.25) is 0 Å². The van der Waals surface area contributed by atoms with E-state index in [4.69, 9.17) is 0 Å². The van der Waals surface area contributed by atoms with Crippen LogP contribution in [0.1, 0.15) is 6.92 Å². The first-order valence-electron chi connectivity index (χ1n) is 5.40. The third kappa shape index (κ3) is 2.45. The lowest BCUT2D eigenvalue weighted by molar-refractivity contribution is 1.21. The Morgan fingerprint density at radius 1 is 1.00 bits per heavy atom. The summed E-state index contributed by atoms with van der Waals surface area (Å²) >= 11 is 3.45. The number of anilines is 1. The van der Waals surface area contributed by atoms with Crippen LogP contribution in [0, 0.1) is 0 Å². The fourth-order valence-electron chi connectivity index (χ4n) is 1.71.